The second-order valence-corrected chi connectivity index (χ2v) is 8.23. The van der Waals surface area contributed by atoms with E-state index in [2.05, 4.69) is 15.5 Å². The number of hydrogen-bond donors (Lipinski definition) is 5. The van der Waals surface area contributed by atoms with Crippen LogP contribution in [0.4, 0.5) is 11.4 Å². The monoisotopic (exact) mass is 540 g/mol. The molecule has 0 bridgehead atoms. The molecule has 0 saturated carbocycles. The highest BCUT2D eigenvalue weighted by atomic mass is 16.6. The lowest BCUT2D eigenvalue weighted by Crippen LogP contribution is -2.41. The average molecular weight is 541 g/mol. The van der Waals surface area contributed by atoms with Crippen LogP contribution in [0.25, 0.3) is 0 Å². The first-order valence-corrected chi connectivity index (χ1v) is 12.8. The van der Waals surface area contributed by atoms with Crippen molar-refractivity contribution in [2.75, 3.05) is 104 Å². The summed E-state index contributed by atoms with van der Waals surface area (Å²) >= 11 is 0. The number of hydrogen-bond acceptors (Lipinski definition) is 11. The Balaban J connectivity index is 2.02. The number of nitrogens with zero attached hydrogens (tertiary/aromatic N) is 1. The minimum Gasteiger partial charge on any atom is -0.397 e. The molecule has 0 atom stereocenters. The van der Waals surface area contributed by atoms with Crippen molar-refractivity contribution in [2.24, 2.45) is 5.73 Å². The van der Waals surface area contributed by atoms with Gasteiger partial charge in [0.15, 0.2) is 0 Å². The van der Waals surface area contributed by atoms with Crippen molar-refractivity contribution in [2.45, 2.75) is 12.8 Å². The van der Waals surface area contributed by atoms with Gasteiger partial charge in [-0.15, -0.1) is 0 Å². The first kappa shape index (κ1) is 33.2. The maximum absolute atomic E-state index is 12.3. The zero-order valence-electron chi connectivity index (χ0n) is 22.2. The van der Waals surface area contributed by atoms with Gasteiger partial charge in [0.2, 0.25) is 5.91 Å². The number of nitrogen functional groups attached to an aromatic ring is 2. The summed E-state index contributed by atoms with van der Waals surface area (Å²) < 4.78 is 21.3. The number of nitrogens with two attached hydrogens (primary N) is 3. The molecular weight excluding hydrogens is 496 g/mol. The van der Waals surface area contributed by atoms with Crippen LogP contribution in [0.5, 0.6) is 0 Å². The Hall–Kier alpha value is -2.81. The Bertz CT molecular complexity index is 799. The molecule has 13 heteroatoms. The normalized spacial score (nSPS) is 11.0. The van der Waals surface area contributed by atoms with E-state index in [1.165, 1.54) is 0 Å². The highest BCUT2D eigenvalue weighted by Crippen LogP contribution is 2.15. The van der Waals surface area contributed by atoms with Crippen molar-refractivity contribution in [3.05, 3.63) is 23.8 Å². The van der Waals surface area contributed by atoms with Crippen LogP contribution in [0, 0.1) is 0 Å². The molecule has 0 heterocycles. The Labute approximate surface area is 224 Å². The van der Waals surface area contributed by atoms with Crippen LogP contribution in [-0.4, -0.2) is 115 Å². The molecule has 216 valence electrons. The molecule has 0 spiro atoms. The quantitative estimate of drug-likeness (QED) is 0.0613. The Morgan fingerprint density at radius 1 is 0.789 bits per heavy atom. The summed E-state index contributed by atoms with van der Waals surface area (Å²) in [5, 5.41) is 5.72. The fraction of sp³-hybridized carbons (Fsp3) is 0.640. The molecule has 1 rings (SSSR count). The van der Waals surface area contributed by atoms with Crippen molar-refractivity contribution < 1.29 is 33.3 Å². The molecule has 38 heavy (non-hydrogen) atoms. The van der Waals surface area contributed by atoms with Gasteiger partial charge in [-0.25, -0.2) is 0 Å². The van der Waals surface area contributed by atoms with Gasteiger partial charge < -0.3 is 51.6 Å². The van der Waals surface area contributed by atoms with Crippen molar-refractivity contribution in [1.29, 1.82) is 0 Å². The smallest absolute Gasteiger partial charge is 0.251 e. The van der Waals surface area contributed by atoms with Crippen LogP contribution in [0.3, 0.4) is 0 Å². The van der Waals surface area contributed by atoms with Crippen molar-refractivity contribution in [3.8, 4) is 0 Å². The first-order valence-electron chi connectivity index (χ1n) is 12.8. The minimum absolute atomic E-state index is 0.100. The molecule has 0 aliphatic carbocycles. The van der Waals surface area contributed by atoms with E-state index in [0.717, 1.165) is 6.29 Å². The number of nitrogens with one attached hydrogen (secondary N) is 2. The Kier molecular flexibility index (Phi) is 19.4. The van der Waals surface area contributed by atoms with Crippen molar-refractivity contribution in [1.82, 2.24) is 15.5 Å². The lowest BCUT2D eigenvalue weighted by Gasteiger charge is -2.22. The van der Waals surface area contributed by atoms with Crippen LogP contribution in [0.1, 0.15) is 23.2 Å². The lowest BCUT2D eigenvalue weighted by atomic mass is 10.1. The van der Waals surface area contributed by atoms with E-state index < -0.39 is 0 Å². The van der Waals surface area contributed by atoms with E-state index in [0.29, 0.717) is 115 Å². The average Bonchev–Trinajstić information content (AvgIpc) is 2.90. The molecule has 0 aliphatic rings. The van der Waals surface area contributed by atoms with Crippen LogP contribution in [-0.2, 0) is 28.5 Å². The molecule has 13 nitrogen and oxygen atoms in total. The van der Waals surface area contributed by atoms with Gasteiger partial charge >= 0.3 is 0 Å². The maximum atomic E-state index is 12.3. The Morgan fingerprint density at radius 2 is 1.37 bits per heavy atom. The number of carbonyl (C=O) groups is 3. The van der Waals surface area contributed by atoms with Crippen molar-refractivity contribution >= 4 is 29.5 Å². The molecule has 2 amide bonds. The zero-order valence-corrected chi connectivity index (χ0v) is 22.2. The first-order chi connectivity index (χ1) is 18.5. The van der Waals surface area contributed by atoms with Gasteiger partial charge in [-0.3, -0.25) is 14.5 Å². The molecule has 1 aromatic carbocycles. The topological polar surface area (TPSA) is 193 Å². The summed E-state index contributed by atoms with van der Waals surface area (Å²) in [7, 11) is 0. The minimum atomic E-state index is -0.231. The van der Waals surface area contributed by atoms with Gasteiger partial charge in [0.05, 0.1) is 64.2 Å². The number of amides is 2. The van der Waals surface area contributed by atoms with Crippen LogP contribution in [0.2, 0.25) is 0 Å². The molecule has 0 fully saturated rings. The molecule has 0 aliphatic heterocycles. The molecule has 0 radical (unpaired) electrons. The fourth-order valence-corrected chi connectivity index (χ4v) is 3.16. The number of anilines is 2. The van der Waals surface area contributed by atoms with E-state index >= 15 is 0 Å². The van der Waals surface area contributed by atoms with Gasteiger partial charge in [-0.2, -0.15) is 0 Å². The third-order valence-corrected chi connectivity index (χ3v) is 5.23. The van der Waals surface area contributed by atoms with E-state index in [4.69, 9.17) is 36.1 Å². The van der Waals surface area contributed by atoms with Gasteiger partial charge in [0, 0.05) is 57.7 Å². The molecule has 0 saturated heterocycles. The molecular formula is C25H44N6O7. The van der Waals surface area contributed by atoms with E-state index in [-0.39, 0.29) is 18.2 Å². The molecule has 1 aromatic rings. The third-order valence-electron chi connectivity index (χ3n) is 5.23. The summed E-state index contributed by atoms with van der Waals surface area (Å²) in [6, 6.07) is 4.77. The van der Waals surface area contributed by atoms with Gasteiger partial charge in [-0.05, 0) is 18.2 Å². The Morgan fingerprint density at radius 3 is 1.95 bits per heavy atom. The standard InChI is InChI=1S/C25H44N6O7/c26-5-8-31(10-7-30-25(34)21-2-3-22(27)23(28)20-21)9-6-29-24(33)4-13-36-15-17-38-19-18-37-16-14-35-12-1-11-32/h2-3,11,20H,1,4-10,12-19,26-28H2,(H,29,33)(H,30,34). The largest absolute Gasteiger partial charge is 0.397 e. The molecule has 8 N–H and O–H groups in total. The second-order valence-electron chi connectivity index (χ2n) is 8.23. The number of aldehydes is 1. The van der Waals surface area contributed by atoms with Gasteiger partial charge in [-0.1, -0.05) is 0 Å². The van der Waals surface area contributed by atoms with Gasteiger partial charge in [0.25, 0.3) is 5.91 Å². The summed E-state index contributed by atoms with van der Waals surface area (Å²) in [6.07, 6.45) is 1.46. The molecule has 0 unspecified atom stereocenters. The predicted molar refractivity (Wildman–Crippen MR) is 145 cm³/mol. The SMILES string of the molecule is NCCN(CCNC(=O)CCOCCOCCOCCOCCC=O)CCNC(=O)c1ccc(N)c(N)c1. The summed E-state index contributed by atoms with van der Waals surface area (Å²) in [6.45, 7) is 6.51. The zero-order chi connectivity index (χ0) is 27.8. The van der Waals surface area contributed by atoms with E-state index in [1.807, 2.05) is 0 Å². The number of benzene rings is 1. The summed E-state index contributed by atoms with van der Waals surface area (Å²) in [5.74, 6) is -0.332. The van der Waals surface area contributed by atoms with E-state index in [9.17, 15) is 14.4 Å². The fourth-order valence-electron chi connectivity index (χ4n) is 3.16. The number of carbonyl (C=O) groups excluding carboxylic acids is 3. The summed E-state index contributed by atoms with van der Waals surface area (Å²) in [4.78, 5) is 36.5. The maximum Gasteiger partial charge on any atom is 0.251 e. The highest BCUT2D eigenvalue weighted by molar-refractivity contribution is 5.95. The highest BCUT2D eigenvalue weighted by Gasteiger charge is 2.09. The summed E-state index contributed by atoms with van der Waals surface area (Å²) in [5.41, 5.74) is 18.4. The van der Waals surface area contributed by atoms with Crippen molar-refractivity contribution in [3.63, 3.8) is 0 Å². The second kappa shape index (κ2) is 22.2. The van der Waals surface area contributed by atoms with E-state index in [1.54, 1.807) is 18.2 Å². The van der Waals surface area contributed by atoms with Crippen LogP contribution >= 0.6 is 0 Å². The lowest BCUT2D eigenvalue weighted by molar-refractivity contribution is -0.122. The number of ether oxygens (including phenoxy) is 4. The third kappa shape index (κ3) is 16.8. The molecule has 0 aromatic heterocycles. The van der Waals surface area contributed by atoms with Gasteiger partial charge in [0.1, 0.15) is 6.29 Å². The predicted octanol–water partition coefficient (Wildman–Crippen LogP) is -0.997. The number of rotatable bonds is 24. The van der Waals surface area contributed by atoms with Crippen LogP contribution in [0.15, 0.2) is 18.2 Å². The van der Waals surface area contributed by atoms with Crippen LogP contribution < -0.4 is 27.8 Å².